The molecule has 2 aliphatic rings. The van der Waals surface area contributed by atoms with E-state index in [1.165, 1.54) is 31.7 Å². The number of methoxy groups -OCH3 is 1. The number of alkyl halides is 1. The van der Waals surface area contributed by atoms with Crippen LogP contribution < -0.4 is 4.74 Å². The molecule has 2 bridgehead atoms. The average molecular weight is 392 g/mol. The molecular formula is C15H17Br2FO. The van der Waals surface area contributed by atoms with Crippen LogP contribution in [0.2, 0.25) is 0 Å². The number of rotatable bonds is 3. The smallest absolute Gasteiger partial charge is 0.141 e. The molecule has 0 heterocycles. The molecule has 4 atom stereocenters. The van der Waals surface area contributed by atoms with Crippen LogP contribution in [0.25, 0.3) is 0 Å². The minimum atomic E-state index is -0.270. The van der Waals surface area contributed by atoms with Crippen LogP contribution in [0.3, 0.4) is 0 Å². The number of ether oxygens (including phenoxy) is 1. The standard InChI is InChI=1S/C15H17Br2FO/c1-19-14-7-13(18)12(16)6-11(14)15(17)10-5-8-2-3-9(10)4-8/h6-10,15H,2-5H2,1H3. The molecule has 2 aliphatic carbocycles. The molecule has 19 heavy (non-hydrogen) atoms. The quantitative estimate of drug-likeness (QED) is 0.620. The molecule has 0 amide bonds. The van der Waals surface area contributed by atoms with Crippen molar-refractivity contribution in [3.63, 3.8) is 0 Å². The Labute approximate surface area is 130 Å². The van der Waals surface area contributed by atoms with Crippen molar-refractivity contribution in [3.8, 4) is 5.75 Å². The van der Waals surface area contributed by atoms with E-state index in [2.05, 4.69) is 31.9 Å². The second-order valence-corrected chi connectivity index (χ2v) is 7.59. The van der Waals surface area contributed by atoms with Gasteiger partial charge in [0.2, 0.25) is 0 Å². The highest BCUT2D eigenvalue weighted by Gasteiger charge is 2.43. The zero-order chi connectivity index (χ0) is 13.6. The van der Waals surface area contributed by atoms with Crippen molar-refractivity contribution in [1.29, 1.82) is 0 Å². The number of hydrogen-bond acceptors (Lipinski definition) is 1. The van der Waals surface area contributed by atoms with Gasteiger partial charge in [-0.05, 0) is 59.0 Å². The monoisotopic (exact) mass is 390 g/mol. The largest absolute Gasteiger partial charge is 0.496 e. The molecule has 1 nitrogen and oxygen atoms in total. The van der Waals surface area contributed by atoms with Crippen molar-refractivity contribution < 1.29 is 9.13 Å². The lowest BCUT2D eigenvalue weighted by Gasteiger charge is -2.28. The zero-order valence-corrected chi connectivity index (χ0v) is 14.0. The molecule has 2 saturated carbocycles. The molecule has 104 valence electrons. The van der Waals surface area contributed by atoms with Crippen molar-refractivity contribution in [2.24, 2.45) is 17.8 Å². The highest BCUT2D eigenvalue weighted by Crippen LogP contribution is 2.56. The van der Waals surface area contributed by atoms with Gasteiger partial charge in [-0.25, -0.2) is 4.39 Å². The maximum atomic E-state index is 13.6. The van der Waals surface area contributed by atoms with Crippen molar-refractivity contribution in [1.82, 2.24) is 0 Å². The van der Waals surface area contributed by atoms with Gasteiger partial charge in [0.05, 0.1) is 11.6 Å². The van der Waals surface area contributed by atoms with E-state index in [4.69, 9.17) is 4.74 Å². The third-order valence-electron chi connectivity index (χ3n) is 4.74. The van der Waals surface area contributed by atoms with Crippen molar-refractivity contribution in [2.45, 2.75) is 30.5 Å². The summed E-state index contributed by atoms with van der Waals surface area (Å²) in [6.07, 6.45) is 5.41. The van der Waals surface area contributed by atoms with Gasteiger partial charge < -0.3 is 4.74 Å². The summed E-state index contributed by atoms with van der Waals surface area (Å²) in [6.45, 7) is 0. The summed E-state index contributed by atoms with van der Waals surface area (Å²) in [5, 5.41) is 0. The number of fused-ring (bicyclic) bond motifs is 2. The third-order valence-corrected chi connectivity index (χ3v) is 6.52. The molecule has 0 radical (unpaired) electrons. The van der Waals surface area contributed by atoms with E-state index in [1.807, 2.05) is 6.07 Å². The molecule has 1 aromatic rings. The van der Waals surface area contributed by atoms with Gasteiger partial charge in [-0.15, -0.1) is 0 Å². The fourth-order valence-electron chi connectivity index (χ4n) is 3.82. The predicted octanol–water partition coefficient (Wildman–Crippen LogP) is 5.47. The average Bonchev–Trinajstić information content (AvgIpc) is 3.03. The van der Waals surface area contributed by atoms with Crippen LogP contribution in [-0.4, -0.2) is 7.11 Å². The Bertz CT molecular complexity index is 491. The van der Waals surface area contributed by atoms with Gasteiger partial charge >= 0.3 is 0 Å². The summed E-state index contributed by atoms with van der Waals surface area (Å²) >= 11 is 7.12. The van der Waals surface area contributed by atoms with E-state index >= 15 is 0 Å². The lowest BCUT2D eigenvalue weighted by atomic mass is 9.84. The molecule has 0 saturated heterocycles. The van der Waals surface area contributed by atoms with Gasteiger partial charge in [-0.2, -0.15) is 0 Å². The molecule has 4 heteroatoms. The van der Waals surface area contributed by atoms with Crippen molar-refractivity contribution >= 4 is 31.9 Å². The topological polar surface area (TPSA) is 9.23 Å². The Balaban J connectivity index is 1.90. The van der Waals surface area contributed by atoms with E-state index in [-0.39, 0.29) is 10.6 Å². The summed E-state index contributed by atoms with van der Waals surface area (Å²) in [5.74, 6) is 2.76. The van der Waals surface area contributed by atoms with Crippen LogP contribution in [0.5, 0.6) is 5.75 Å². The van der Waals surface area contributed by atoms with Gasteiger partial charge in [-0.1, -0.05) is 22.4 Å². The molecule has 0 aromatic heterocycles. The normalized spacial score (nSPS) is 30.6. The lowest BCUT2D eigenvalue weighted by molar-refractivity contribution is 0.323. The van der Waals surface area contributed by atoms with Gasteiger partial charge in [0, 0.05) is 16.5 Å². The van der Waals surface area contributed by atoms with Gasteiger partial charge in [0.25, 0.3) is 0 Å². The molecule has 0 spiro atoms. The van der Waals surface area contributed by atoms with E-state index in [9.17, 15) is 4.39 Å². The minimum absolute atomic E-state index is 0.259. The molecule has 0 N–H and O–H groups in total. The SMILES string of the molecule is COc1cc(F)c(Br)cc1C(Br)C1CC2CCC1C2. The Morgan fingerprint density at radius 1 is 1.32 bits per heavy atom. The highest BCUT2D eigenvalue weighted by molar-refractivity contribution is 9.10. The Morgan fingerprint density at radius 2 is 2.11 bits per heavy atom. The molecule has 3 rings (SSSR count). The van der Waals surface area contributed by atoms with Gasteiger partial charge in [0.1, 0.15) is 11.6 Å². The third kappa shape index (κ3) is 2.46. The molecular weight excluding hydrogens is 375 g/mol. The Kier molecular flexibility index (Phi) is 3.91. The van der Waals surface area contributed by atoms with Crippen LogP contribution in [-0.2, 0) is 0 Å². The Morgan fingerprint density at radius 3 is 2.68 bits per heavy atom. The molecule has 1 aromatic carbocycles. The van der Waals surface area contributed by atoms with Gasteiger partial charge in [-0.3, -0.25) is 0 Å². The molecule has 4 unspecified atom stereocenters. The summed E-state index contributed by atoms with van der Waals surface area (Å²) in [4.78, 5) is 0.259. The first-order valence-corrected chi connectivity index (χ1v) is 8.48. The maximum absolute atomic E-state index is 13.6. The predicted molar refractivity (Wildman–Crippen MR) is 81.3 cm³/mol. The number of benzene rings is 1. The maximum Gasteiger partial charge on any atom is 0.141 e. The fourth-order valence-corrected chi connectivity index (χ4v) is 5.19. The number of halogens is 3. The van der Waals surface area contributed by atoms with Crippen LogP contribution >= 0.6 is 31.9 Å². The van der Waals surface area contributed by atoms with Crippen molar-refractivity contribution in [2.75, 3.05) is 7.11 Å². The first-order valence-electron chi connectivity index (χ1n) is 6.77. The number of hydrogen-bond donors (Lipinski definition) is 0. The van der Waals surface area contributed by atoms with E-state index in [0.717, 1.165) is 17.4 Å². The highest BCUT2D eigenvalue weighted by atomic mass is 79.9. The lowest BCUT2D eigenvalue weighted by Crippen LogP contribution is -2.16. The van der Waals surface area contributed by atoms with Crippen LogP contribution in [0, 0.1) is 23.6 Å². The van der Waals surface area contributed by atoms with E-state index in [1.54, 1.807) is 7.11 Å². The van der Waals surface area contributed by atoms with Crippen LogP contribution in [0.4, 0.5) is 4.39 Å². The minimum Gasteiger partial charge on any atom is -0.496 e. The first-order chi connectivity index (χ1) is 9.10. The Hall–Kier alpha value is -0.0900. The second-order valence-electron chi connectivity index (χ2n) is 5.75. The van der Waals surface area contributed by atoms with Crippen LogP contribution in [0.1, 0.15) is 36.1 Å². The summed E-state index contributed by atoms with van der Waals surface area (Å²) < 4.78 is 19.5. The summed E-state index contributed by atoms with van der Waals surface area (Å²) in [5.41, 5.74) is 1.06. The van der Waals surface area contributed by atoms with Crippen LogP contribution in [0.15, 0.2) is 16.6 Å². The van der Waals surface area contributed by atoms with Crippen molar-refractivity contribution in [3.05, 3.63) is 28.0 Å². The summed E-state index contributed by atoms with van der Waals surface area (Å²) in [7, 11) is 1.60. The zero-order valence-electron chi connectivity index (χ0n) is 10.8. The fraction of sp³-hybridized carbons (Fsp3) is 0.600. The summed E-state index contributed by atoms with van der Waals surface area (Å²) in [6, 6.07) is 3.33. The first kappa shape index (κ1) is 13.9. The molecule has 0 aliphatic heterocycles. The molecule has 2 fully saturated rings. The van der Waals surface area contributed by atoms with E-state index in [0.29, 0.717) is 16.1 Å². The van der Waals surface area contributed by atoms with Gasteiger partial charge in [0.15, 0.2) is 0 Å². The van der Waals surface area contributed by atoms with E-state index < -0.39 is 0 Å². The second kappa shape index (κ2) is 5.36.